The van der Waals surface area contributed by atoms with Crippen molar-refractivity contribution in [2.45, 2.75) is 13.0 Å². The first-order chi connectivity index (χ1) is 9.52. The van der Waals surface area contributed by atoms with Crippen molar-refractivity contribution in [1.82, 2.24) is 5.32 Å². The maximum absolute atomic E-state index is 13.5. The zero-order valence-electron chi connectivity index (χ0n) is 10.8. The lowest BCUT2D eigenvalue weighted by atomic mass is 9.98. The lowest BCUT2D eigenvalue weighted by molar-refractivity contribution is 0.602. The van der Waals surface area contributed by atoms with E-state index in [2.05, 4.69) is 49.9 Å². The Labute approximate surface area is 145 Å². The SMILES string of the molecule is CCNC(c1cc(F)ccc1Cl)c1cc(I)ccc1Br. The van der Waals surface area contributed by atoms with Crippen molar-refractivity contribution in [3.05, 3.63) is 66.4 Å². The van der Waals surface area contributed by atoms with Crippen LogP contribution >= 0.6 is 50.1 Å². The second-order valence-corrected chi connectivity index (χ2v) is 6.83. The molecule has 0 saturated carbocycles. The summed E-state index contributed by atoms with van der Waals surface area (Å²) in [5.41, 5.74) is 1.79. The van der Waals surface area contributed by atoms with Crippen molar-refractivity contribution >= 4 is 50.1 Å². The summed E-state index contributed by atoms with van der Waals surface area (Å²) in [4.78, 5) is 0. The average Bonchev–Trinajstić information content (AvgIpc) is 2.42. The number of hydrogen-bond donors (Lipinski definition) is 1. The molecule has 1 N–H and O–H groups in total. The van der Waals surface area contributed by atoms with Crippen molar-refractivity contribution < 1.29 is 4.39 Å². The molecular weight excluding hydrogens is 455 g/mol. The van der Waals surface area contributed by atoms with Gasteiger partial charge < -0.3 is 5.32 Å². The first-order valence-electron chi connectivity index (χ1n) is 6.16. The van der Waals surface area contributed by atoms with Gasteiger partial charge in [-0.3, -0.25) is 0 Å². The molecule has 0 radical (unpaired) electrons. The Morgan fingerprint density at radius 2 is 2.00 bits per heavy atom. The minimum Gasteiger partial charge on any atom is -0.306 e. The van der Waals surface area contributed by atoms with Gasteiger partial charge in [-0.1, -0.05) is 34.5 Å². The van der Waals surface area contributed by atoms with Gasteiger partial charge in [-0.25, -0.2) is 4.39 Å². The molecule has 0 aliphatic rings. The second kappa shape index (κ2) is 7.20. The van der Waals surface area contributed by atoms with Gasteiger partial charge in [0.15, 0.2) is 0 Å². The van der Waals surface area contributed by atoms with E-state index in [1.165, 1.54) is 12.1 Å². The Balaban J connectivity index is 2.55. The molecule has 2 rings (SSSR count). The zero-order chi connectivity index (χ0) is 14.7. The lowest BCUT2D eigenvalue weighted by Crippen LogP contribution is -2.23. The molecule has 0 aliphatic heterocycles. The molecule has 1 atom stereocenters. The summed E-state index contributed by atoms with van der Waals surface area (Å²) in [6, 6.07) is 10.4. The van der Waals surface area contributed by atoms with Gasteiger partial charge in [0.05, 0.1) is 6.04 Å². The Kier molecular flexibility index (Phi) is 5.84. The molecule has 0 aromatic heterocycles. The van der Waals surface area contributed by atoms with Crippen LogP contribution in [0.3, 0.4) is 0 Å². The molecule has 5 heteroatoms. The van der Waals surface area contributed by atoms with E-state index in [-0.39, 0.29) is 11.9 Å². The number of hydrogen-bond acceptors (Lipinski definition) is 1. The maximum Gasteiger partial charge on any atom is 0.123 e. The van der Waals surface area contributed by atoms with Gasteiger partial charge in [-0.2, -0.15) is 0 Å². The van der Waals surface area contributed by atoms with Gasteiger partial charge in [0.1, 0.15) is 5.82 Å². The third-order valence-electron chi connectivity index (χ3n) is 2.95. The van der Waals surface area contributed by atoms with Gasteiger partial charge in [0, 0.05) is 13.1 Å². The van der Waals surface area contributed by atoms with E-state index in [1.54, 1.807) is 6.07 Å². The van der Waals surface area contributed by atoms with E-state index >= 15 is 0 Å². The standard InChI is InChI=1S/C15H13BrClFIN/c1-2-20-15(11-8-10(19)4-5-13(11)16)12-7-9(18)3-6-14(12)17/h3-8,15,20H,2H2,1H3. The van der Waals surface area contributed by atoms with Crippen LogP contribution in [0.2, 0.25) is 5.02 Å². The number of halogens is 4. The normalized spacial score (nSPS) is 12.4. The molecule has 0 saturated heterocycles. The molecular formula is C15H13BrClFIN. The Bertz CT molecular complexity index is 569. The van der Waals surface area contributed by atoms with Crippen LogP contribution < -0.4 is 5.32 Å². The first-order valence-corrected chi connectivity index (χ1v) is 8.41. The van der Waals surface area contributed by atoms with Crippen LogP contribution in [0.5, 0.6) is 0 Å². The van der Waals surface area contributed by atoms with Crippen LogP contribution in [-0.2, 0) is 0 Å². The minimum absolute atomic E-state index is 0.146. The number of rotatable bonds is 4. The van der Waals surface area contributed by atoms with Crippen LogP contribution in [0.25, 0.3) is 0 Å². The molecule has 0 amide bonds. The van der Waals surface area contributed by atoms with E-state index in [4.69, 9.17) is 11.6 Å². The van der Waals surface area contributed by atoms with Crippen molar-refractivity contribution in [3.8, 4) is 0 Å². The van der Waals surface area contributed by atoms with Crippen LogP contribution in [0.15, 0.2) is 40.9 Å². The highest BCUT2D eigenvalue weighted by Gasteiger charge is 2.19. The van der Waals surface area contributed by atoms with Crippen molar-refractivity contribution in [1.29, 1.82) is 0 Å². The molecule has 0 fully saturated rings. The number of nitrogens with one attached hydrogen (secondary N) is 1. The van der Waals surface area contributed by atoms with Gasteiger partial charge in [0.2, 0.25) is 0 Å². The highest BCUT2D eigenvalue weighted by Crippen LogP contribution is 2.33. The summed E-state index contributed by atoms with van der Waals surface area (Å²) in [5, 5.41) is 3.93. The molecule has 2 aromatic carbocycles. The maximum atomic E-state index is 13.5. The van der Waals surface area contributed by atoms with Gasteiger partial charge in [-0.15, -0.1) is 0 Å². The third kappa shape index (κ3) is 3.72. The molecule has 1 nitrogen and oxygen atoms in total. The van der Waals surface area contributed by atoms with Crippen LogP contribution in [-0.4, -0.2) is 6.54 Å². The number of benzene rings is 2. The Morgan fingerprint density at radius 3 is 2.70 bits per heavy atom. The average molecular weight is 469 g/mol. The predicted molar refractivity (Wildman–Crippen MR) is 93.8 cm³/mol. The molecule has 0 bridgehead atoms. The van der Waals surface area contributed by atoms with Crippen molar-refractivity contribution in [3.63, 3.8) is 0 Å². The second-order valence-electron chi connectivity index (χ2n) is 4.32. The zero-order valence-corrected chi connectivity index (χ0v) is 15.3. The summed E-state index contributed by atoms with van der Waals surface area (Å²) in [6.07, 6.45) is 0. The fourth-order valence-electron chi connectivity index (χ4n) is 2.06. The van der Waals surface area contributed by atoms with Gasteiger partial charge >= 0.3 is 0 Å². The molecule has 0 heterocycles. The minimum atomic E-state index is -0.283. The molecule has 0 aliphatic carbocycles. The Morgan fingerprint density at radius 1 is 1.25 bits per heavy atom. The van der Waals surface area contributed by atoms with Crippen LogP contribution in [0.4, 0.5) is 4.39 Å². The highest BCUT2D eigenvalue weighted by atomic mass is 127. The summed E-state index contributed by atoms with van der Waals surface area (Å²) in [6.45, 7) is 2.78. The summed E-state index contributed by atoms with van der Waals surface area (Å²) >= 11 is 12.1. The summed E-state index contributed by atoms with van der Waals surface area (Å²) in [7, 11) is 0. The highest BCUT2D eigenvalue weighted by molar-refractivity contribution is 14.1. The van der Waals surface area contributed by atoms with E-state index in [9.17, 15) is 4.39 Å². The molecule has 1 unspecified atom stereocenters. The van der Waals surface area contributed by atoms with E-state index in [0.29, 0.717) is 5.02 Å². The van der Waals surface area contributed by atoms with Crippen LogP contribution in [0.1, 0.15) is 24.1 Å². The molecule has 2 aromatic rings. The largest absolute Gasteiger partial charge is 0.306 e. The van der Waals surface area contributed by atoms with Gasteiger partial charge in [-0.05, 0) is 76.7 Å². The van der Waals surface area contributed by atoms with E-state index < -0.39 is 0 Å². The monoisotopic (exact) mass is 467 g/mol. The molecule has 20 heavy (non-hydrogen) atoms. The summed E-state index contributed by atoms with van der Waals surface area (Å²) < 4.78 is 15.6. The van der Waals surface area contributed by atoms with Crippen molar-refractivity contribution in [2.75, 3.05) is 6.54 Å². The first kappa shape index (κ1) is 16.2. The third-order valence-corrected chi connectivity index (χ3v) is 4.68. The smallest absolute Gasteiger partial charge is 0.123 e. The summed E-state index contributed by atoms with van der Waals surface area (Å²) in [5.74, 6) is -0.283. The van der Waals surface area contributed by atoms with Crippen molar-refractivity contribution in [2.24, 2.45) is 0 Å². The van der Waals surface area contributed by atoms with Gasteiger partial charge in [0.25, 0.3) is 0 Å². The predicted octanol–water partition coefficient (Wildman–Crippen LogP) is 5.55. The fraction of sp³-hybridized carbons (Fsp3) is 0.200. The topological polar surface area (TPSA) is 12.0 Å². The molecule has 0 spiro atoms. The quantitative estimate of drug-likeness (QED) is 0.581. The van der Waals surface area contributed by atoms with Crippen LogP contribution in [0, 0.1) is 9.39 Å². The lowest BCUT2D eigenvalue weighted by Gasteiger charge is -2.22. The molecule has 106 valence electrons. The Hall–Kier alpha value is -0.170. The van der Waals surface area contributed by atoms with E-state index in [1.807, 2.05) is 19.1 Å². The fourth-order valence-corrected chi connectivity index (χ4v) is 3.28. The van der Waals surface area contributed by atoms with E-state index in [0.717, 1.165) is 25.7 Å².